The van der Waals surface area contributed by atoms with Crippen LogP contribution in [-0.4, -0.2) is 12.1 Å². The average Bonchev–Trinajstić information content (AvgIpc) is 2.59. The molecular weight excluding hydrogens is 200 g/mol. The quantitative estimate of drug-likeness (QED) is 0.726. The van der Waals surface area contributed by atoms with Crippen LogP contribution in [0.2, 0.25) is 0 Å². The van der Waals surface area contributed by atoms with Crippen molar-refractivity contribution in [2.24, 2.45) is 5.92 Å². The predicted octanol–water partition coefficient (Wildman–Crippen LogP) is 3.04. The normalized spacial score (nSPS) is 24.2. The standard InChI is InChI=1S/C14H16O2/c1-10(12-6-4-3-5-7-12)8-13-9-11(2)16-14(13)15/h3-7,11,13H,1,8-9H2,2H3. The number of carbonyl (C=O) groups is 1. The number of rotatable bonds is 3. The SMILES string of the molecule is C=C(CC1CC(C)OC1=O)c1ccccc1. The summed E-state index contributed by atoms with van der Waals surface area (Å²) < 4.78 is 5.13. The van der Waals surface area contributed by atoms with Gasteiger partial charge in [-0.05, 0) is 30.9 Å². The van der Waals surface area contributed by atoms with E-state index in [-0.39, 0.29) is 18.0 Å². The Morgan fingerprint density at radius 2 is 2.12 bits per heavy atom. The van der Waals surface area contributed by atoms with E-state index in [4.69, 9.17) is 4.74 Å². The lowest BCUT2D eigenvalue weighted by atomic mass is 9.93. The molecule has 2 heteroatoms. The molecule has 1 aliphatic rings. The van der Waals surface area contributed by atoms with Crippen LogP contribution in [0.5, 0.6) is 0 Å². The Labute approximate surface area is 95.9 Å². The minimum Gasteiger partial charge on any atom is -0.462 e. The van der Waals surface area contributed by atoms with Gasteiger partial charge >= 0.3 is 5.97 Å². The highest BCUT2D eigenvalue weighted by Crippen LogP contribution is 2.29. The van der Waals surface area contributed by atoms with Crippen molar-refractivity contribution < 1.29 is 9.53 Å². The first-order valence-electron chi connectivity index (χ1n) is 5.60. The highest BCUT2D eigenvalue weighted by molar-refractivity contribution is 5.78. The fourth-order valence-corrected chi connectivity index (χ4v) is 2.10. The number of esters is 1. The number of benzene rings is 1. The van der Waals surface area contributed by atoms with Gasteiger partial charge in [-0.3, -0.25) is 4.79 Å². The summed E-state index contributed by atoms with van der Waals surface area (Å²) >= 11 is 0. The Hall–Kier alpha value is -1.57. The van der Waals surface area contributed by atoms with Gasteiger partial charge in [0.05, 0.1) is 12.0 Å². The average molecular weight is 216 g/mol. The van der Waals surface area contributed by atoms with Gasteiger partial charge in [0.2, 0.25) is 0 Å². The molecule has 2 rings (SSSR count). The fraction of sp³-hybridized carbons (Fsp3) is 0.357. The van der Waals surface area contributed by atoms with E-state index in [1.807, 2.05) is 37.3 Å². The molecule has 2 unspecified atom stereocenters. The summed E-state index contributed by atoms with van der Waals surface area (Å²) in [6.07, 6.45) is 1.57. The van der Waals surface area contributed by atoms with Gasteiger partial charge in [-0.1, -0.05) is 36.9 Å². The number of ether oxygens (including phenoxy) is 1. The van der Waals surface area contributed by atoms with Crippen molar-refractivity contribution in [3.63, 3.8) is 0 Å². The van der Waals surface area contributed by atoms with E-state index < -0.39 is 0 Å². The molecule has 0 radical (unpaired) electrons. The third-order valence-corrected chi connectivity index (χ3v) is 2.94. The van der Waals surface area contributed by atoms with E-state index >= 15 is 0 Å². The number of carbonyl (C=O) groups excluding carboxylic acids is 1. The van der Waals surface area contributed by atoms with Crippen molar-refractivity contribution >= 4 is 11.5 Å². The third kappa shape index (κ3) is 2.32. The second-order valence-electron chi connectivity index (χ2n) is 4.35. The van der Waals surface area contributed by atoms with Gasteiger partial charge in [0.15, 0.2) is 0 Å². The first-order valence-corrected chi connectivity index (χ1v) is 5.60. The number of allylic oxidation sites excluding steroid dienone is 1. The Morgan fingerprint density at radius 3 is 2.69 bits per heavy atom. The molecule has 0 N–H and O–H groups in total. The zero-order chi connectivity index (χ0) is 11.5. The van der Waals surface area contributed by atoms with Crippen LogP contribution in [0.25, 0.3) is 5.57 Å². The molecule has 1 saturated heterocycles. The van der Waals surface area contributed by atoms with Crippen LogP contribution in [0.1, 0.15) is 25.3 Å². The summed E-state index contributed by atoms with van der Waals surface area (Å²) in [5.41, 5.74) is 2.12. The molecule has 2 atom stereocenters. The molecule has 0 saturated carbocycles. The lowest BCUT2D eigenvalue weighted by Crippen LogP contribution is -2.07. The van der Waals surface area contributed by atoms with Crippen molar-refractivity contribution in [1.82, 2.24) is 0 Å². The molecule has 1 fully saturated rings. The van der Waals surface area contributed by atoms with E-state index in [1.54, 1.807) is 0 Å². The Morgan fingerprint density at radius 1 is 1.44 bits per heavy atom. The van der Waals surface area contributed by atoms with Gasteiger partial charge in [-0.2, -0.15) is 0 Å². The van der Waals surface area contributed by atoms with Crippen molar-refractivity contribution in [3.8, 4) is 0 Å². The van der Waals surface area contributed by atoms with E-state index in [0.29, 0.717) is 6.42 Å². The molecule has 0 aliphatic carbocycles. The van der Waals surface area contributed by atoms with Crippen molar-refractivity contribution in [1.29, 1.82) is 0 Å². The van der Waals surface area contributed by atoms with Crippen LogP contribution in [0.15, 0.2) is 36.9 Å². The number of hydrogen-bond acceptors (Lipinski definition) is 2. The fourth-order valence-electron chi connectivity index (χ4n) is 2.10. The summed E-state index contributed by atoms with van der Waals surface area (Å²) in [5, 5.41) is 0. The molecule has 84 valence electrons. The van der Waals surface area contributed by atoms with Gasteiger partial charge in [-0.25, -0.2) is 0 Å². The molecule has 0 amide bonds. The maximum absolute atomic E-state index is 11.5. The van der Waals surface area contributed by atoms with Crippen LogP contribution in [0.4, 0.5) is 0 Å². The number of cyclic esters (lactones) is 1. The first kappa shape index (κ1) is 10.9. The van der Waals surface area contributed by atoms with Crippen LogP contribution >= 0.6 is 0 Å². The minimum atomic E-state index is -0.0791. The Balaban J connectivity index is 2.01. The Bertz CT molecular complexity index is 394. The molecule has 2 nitrogen and oxygen atoms in total. The highest BCUT2D eigenvalue weighted by atomic mass is 16.5. The second-order valence-corrected chi connectivity index (χ2v) is 4.35. The van der Waals surface area contributed by atoms with Crippen LogP contribution < -0.4 is 0 Å². The van der Waals surface area contributed by atoms with Gasteiger partial charge in [-0.15, -0.1) is 0 Å². The van der Waals surface area contributed by atoms with Crippen LogP contribution in [0.3, 0.4) is 0 Å². The smallest absolute Gasteiger partial charge is 0.309 e. The lowest BCUT2D eigenvalue weighted by Gasteiger charge is -2.08. The van der Waals surface area contributed by atoms with Gasteiger partial charge in [0, 0.05) is 0 Å². The van der Waals surface area contributed by atoms with Gasteiger partial charge in [0.25, 0.3) is 0 Å². The van der Waals surface area contributed by atoms with Crippen molar-refractivity contribution in [2.75, 3.05) is 0 Å². The first-order chi connectivity index (χ1) is 7.66. The van der Waals surface area contributed by atoms with E-state index in [0.717, 1.165) is 17.6 Å². The molecular formula is C14H16O2. The predicted molar refractivity (Wildman–Crippen MR) is 63.8 cm³/mol. The second kappa shape index (κ2) is 4.52. The molecule has 0 spiro atoms. The summed E-state index contributed by atoms with van der Waals surface area (Å²) in [5.74, 6) is -0.0905. The molecule has 0 bridgehead atoms. The van der Waals surface area contributed by atoms with Crippen LogP contribution in [-0.2, 0) is 9.53 Å². The maximum Gasteiger partial charge on any atom is 0.309 e. The van der Waals surface area contributed by atoms with Gasteiger partial charge < -0.3 is 4.74 Å². The summed E-state index contributed by atoms with van der Waals surface area (Å²) in [4.78, 5) is 11.5. The Kier molecular flexibility index (Phi) is 3.09. The van der Waals surface area contributed by atoms with Crippen molar-refractivity contribution in [3.05, 3.63) is 42.5 Å². The maximum atomic E-state index is 11.5. The number of hydrogen-bond donors (Lipinski definition) is 0. The zero-order valence-electron chi connectivity index (χ0n) is 9.48. The topological polar surface area (TPSA) is 26.3 Å². The van der Waals surface area contributed by atoms with E-state index in [2.05, 4.69) is 6.58 Å². The summed E-state index contributed by atoms with van der Waals surface area (Å²) in [7, 11) is 0. The molecule has 1 aromatic rings. The molecule has 1 aromatic carbocycles. The summed E-state index contributed by atoms with van der Waals surface area (Å²) in [6, 6.07) is 9.98. The van der Waals surface area contributed by atoms with Crippen molar-refractivity contribution in [2.45, 2.75) is 25.9 Å². The van der Waals surface area contributed by atoms with E-state index in [1.165, 1.54) is 0 Å². The van der Waals surface area contributed by atoms with Crippen LogP contribution in [0, 0.1) is 5.92 Å². The lowest BCUT2D eigenvalue weighted by molar-refractivity contribution is -0.143. The summed E-state index contributed by atoms with van der Waals surface area (Å²) in [6.45, 7) is 5.97. The molecule has 1 aliphatic heterocycles. The molecule has 16 heavy (non-hydrogen) atoms. The monoisotopic (exact) mass is 216 g/mol. The molecule has 0 aromatic heterocycles. The van der Waals surface area contributed by atoms with E-state index in [9.17, 15) is 4.79 Å². The minimum absolute atomic E-state index is 0.0114. The zero-order valence-corrected chi connectivity index (χ0v) is 9.48. The van der Waals surface area contributed by atoms with Gasteiger partial charge in [0.1, 0.15) is 0 Å². The highest BCUT2D eigenvalue weighted by Gasteiger charge is 2.31. The third-order valence-electron chi connectivity index (χ3n) is 2.94. The molecule has 1 heterocycles. The largest absolute Gasteiger partial charge is 0.462 e.